The van der Waals surface area contributed by atoms with Gasteiger partial charge in [0.05, 0.1) is 11.3 Å². The number of benzene rings is 1. The van der Waals surface area contributed by atoms with Gasteiger partial charge in [0.15, 0.2) is 5.75 Å². The van der Waals surface area contributed by atoms with Gasteiger partial charge in [0.25, 0.3) is 5.91 Å². The van der Waals surface area contributed by atoms with Crippen LogP contribution in [0.2, 0.25) is 0 Å². The average Bonchev–Trinajstić information content (AvgIpc) is 2.85. The zero-order valence-corrected chi connectivity index (χ0v) is 24.3. The molecule has 0 saturated heterocycles. The summed E-state index contributed by atoms with van der Waals surface area (Å²) in [5.74, 6) is -1.56. The SMILES string of the molecule is C=C1Nc2c(OP(=O)(O)O)cc(OP(=O)(O)O)cc2N(C/C=C(\C)CC/C=C(\C)CCC=C(C)C)C(=O)C1=C. The van der Waals surface area contributed by atoms with Crippen LogP contribution in [0.3, 0.4) is 0 Å². The predicted molar refractivity (Wildman–Crippen MR) is 151 cm³/mol. The summed E-state index contributed by atoms with van der Waals surface area (Å²) in [6.07, 6.45) is 9.69. The molecule has 1 heterocycles. The summed E-state index contributed by atoms with van der Waals surface area (Å²) in [6, 6.07) is 2.04. The van der Waals surface area contributed by atoms with Crippen molar-refractivity contribution in [1.29, 1.82) is 0 Å². The minimum Gasteiger partial charge on any atom is -0.404 e. The molecule has 1 aliphatic rings. The molecule has 2 rings (SSSR count). The largest absolute Gasteiger partial charge is 0.524 e. The van der Waals surface area contributed by atoms with Gasteiger partial charge in [0, 0.05) is 24.4 Å². The van der Waals surface area contributed by atoms with E-state index in [-0.39, 0.29) is 29.2 Å². The molecule has 11 nitrogen and oxygen atoms in total. The minimum atomic E-state index is -5.12. The summed E-state index contributed by atoms with van der Waals surface area (Å²) in [5, 5.41) is 2.76. The Hall–Kier alpha value is -2.91. The molecule has 0 bridgehead atoms. The molecule has 1 amide bonds. The third-order valence-corrected chi connectivity index (χ3v) is 6.56. The van der Waals surface area contributed by atoms with Crippen molar-refractivity contribution < 1.29 is 42.5 Å². The highest BCUT2D eigenvalue weighted by molar-refractivity contribution is 7.47. The van der Waals surface area contributed by atoms with Crippen molar-refractivity contribution in [3.63, 3.8) is 0 Å². The van der Waals surface area contributed by atoms with Crippen LogP contribution in [-0.4, -0.2) is 32.0 Å². The van der Waals surface area contributed by atoms with Crippen LogP contribution in [0.25, 0.3) is 0 Å². The van der Waals surface area contributed by atoms with Gasteiger partial charge in [-0.2, -0.15) is 0 Å². The highest BCUT2D eigenvalue weighted by Gasteiger charge is 2.32. The molecule has 214 valence electrons. The molecule has 5 N–H and O–H groups in total. The molecule has 39 heavy (non-hydrogen) atoms. The number of hydrogen-bond acceptors (Lipinski definition) is 6. The number of rotatable bonds is 12. The van der Waals surface area contributed by atoms with Crippen molar-refractivity contribution in [2.24, 2.45) is 0 Å². The van der Waals surface area contributed by atoms with Crippen molar-refractivity contribution in [2.45, 2.75) is 53.4 Å². The number of anilines is 2. The predicted octanol–water partition coefficient (Wildman–Crippen LogP) is 5.88. The summed E-state index contributed by atoms with van der Waals surface area (Å²) in [6.45, 7) is 15.7. The zero-order valence-electron chi connectivity index (χ0n) is 22.5. The standard InChI is InChI=1S/C26H36N2O9P2/c1-17(2)9-7-10-18(3)11-8-12-19(4)13-14-28-23-15-22(36-38(30,31)32)16-24(37-39(33,34)35)25(23)27-21(6)20(5)26(28)29/h9,11,13,15-16,27H,5-8,10,12,14H2,1-4H3,(H2,30,31,32)(H2,33,34,35)/b18-11+,19-13+. The monoisotopic (exact) mass is 582 g/mol. The number of fused-ring (bicyclic) bond motifs is 1. The van der Waals surface area contributed by atoms with Crippen LogP contribution >= 0.6 is 15.6 Å². The van der Waals surface area contributed by atoms with E-state index in [0.29, 0.717) is 0 Å². The molecular formula is C26H36N2O9P2. The van der Waals surface area contributed by atoms with Crippen LogP contribution < -0.4 is 19.3 Å². The van der Waals surface area contributed by atoms with E-state index in [1.54, 1.807) is 0 Å². The maximum atomic E-state index is 13.3. The third-order valence-electron chi connectivity index (χ3n) is 5.68. The molecule has 0 aromatic heterocycles. The summed E-state index contributed by atoms with van der Waals surface area (Å²) in [4.78, 5) is 51.9. The van der Waals surface area contributed by atoms with Gasteiger partial charge in [-0.15, -0.1) is 0 Å². The summed E-state index contributed by atoms with van der Waals surface area (Å²) in [7, 11) is -10.2. The van der Waals surface area contributed by atoms with E-state index in [4.69, 9.17) is 4.52 Å². The Morgan fingerprint density at radius 1 is 0.923 bits per heavy atom. The first-order chi connectivity index (χ1) is 18.0. The average molecular weight is 583 g/mol. The maximum absolute atomic E-state index is 13.3. The van der Waals surface area contributed by atoms with E-state index in [1.165, 1.54) is 16.0 Å². The lowest BCUT2D eigenvalue weighted by Crippen LogP contribution is -2.31. The normalized spacial score (nSPS) is 15.0. The molecule has 0 saturated carbocycles. The van der Waals surface area contributed by atoms with Crippen LogP contribution in [0.1, 0.15) is 53.4 Å². The number of hydrogen-bond donors (Lipinski definition) is 5. The van der Waals surface area contributed by atoms with Crippen molar-refractivity contribution >= 4 is 32.9 Å². The molecule has 0 spiro atoms. The van der Waals surface area contributed by atoms with E-state index in [9.17, 15) is 33.5 Å². The van der Waals surface area contributed by atoms with Gasteiger partial charge < -0.3 is 19.3 Å². The number of carbonyl (C=O) groups is 1. The lowest BCUT2D eigenvalue weighted by molar-refractivity contribution is -0.114. The maximum Gasteiger partial charge on any atom is 0.524 e. The van der Waals surface area contributed by atoms with E-state index < -0.39 is 33.1 Å². The summed E-state index contributed by atoms with van der Waals surface area (Å²) >= 11 is 0. The highest BCUT2D eigenvalue weighted by Crippen LogP contribution is 2.50. The Balaban J connectivity index is 2.40. The summed E-state index contributed by atoms with van der Waals surface area (Å²) < 4.78 is 32.5. The van der Waals surface area contributed by atoms with Crippen molar-refractivity contribution in [1.82, 2.24) is 0 Å². The lowest BCUT2D eigenvalue weighted by atomic mass is 10.1. The van der Waals surface area contributed by atoms with E-state index in [1.807, 2.05) is 13.0 Å². The molecule has 1 aromatic rings. The molecule has 1 aliphatic heterocycles. The molecular weight excluding hydrogens is 546 g/mol. The molecule has 0 aliphatic carbocycles. The van der Waals surface area contributed by atoms with Crippen LogP contribution in [0.15, 0.2) is 71.5 Å². The smallest absolute Gasteiger partial charge is 0.404 e. The van der Waals surface area contributed by atoms with Crippen LogP contribution in [-0.2, 0) is 13.9 Å². The highest BCUT2D eigenvalue weighted by atomic mass is 31.2. The Kier molecular flexibility index (Phi) is 11.1. The molecule has 0 atom stereocenters. The molecule has 0 unspecified atom stereocenters. The number of nitrogens with one attached hydrogen (secondary N) is 1. The van der Waals surface area contributed by atoms with Gasteiger partial charge in [-0.1, -0.05) is 48.1 Å². The number of phosphoric acid groups is 2. The van der Waals surface area contributed by atoms with Gasteiger partial charge in [-0.05, 0) is 53.4 Å². The van der Waals surface area contributed by atoms with E-state index in [0.717, 1.165) is 43.4 Å². The first kappa shape index (κ1) is 32.3. The Morgan fingerprint density at radius 2 is 1.49 bits per heavy atom. The second kappa shape index (κ2) is 13.4. The number of phosphoric ester groups is 2. The third kappa shape index (κ3) is 10.6. The fourth-order valence-electron chi connectivity index (χ4n) is 3.70. The van der Waals surface area contributed by atoms with Crippen LogP contribution in [0, 0.1) is 0 Å². The van der Waals surface area contributed by atoms with Gasteiger partial charge in [0.2, 0.25) is 0 Å². The van der Waals surface area contributed by atoms with Gasteiger partial charge in [-0.25, -0.2) is 9.13 Å². The molecule has 13 heteroatoms. The summed E-state index contributed by atoms with van der Waals surface area (Å²) in [5.41, 5.74) is 3.52. The van der Waals surface area contributed by atoms with Crippen molar-refractivity contribution in [3.05, 3.63) is 71.5 Å². The second-order valence-electron chi connectivity index (χ2n) is 9.44. The molecule has 0 radical (unpaired) electrons. The number of allylic oxidation sites excluding steroid dienone is 5. The first-order valence-corrected chi connectivity index (χ1v) is 15.1. The Morgan fingerprint density at radius 3 is 2.05 bits per heavy atom. The number of carbonyl (C=O) groups excluding carboxylic acids is 1. The Bertz CT molecular complexity index is 1310. The van der Waals surface area contributed by atoms with Gasteiger partial charge in [-0.3, -0.25) is 24.4 Å². The number of nitrogens with zero attached hydrogens (tertiary/aromatic N) is 1. The van der Waals surface area contributed by atoms with Gasteiger partial charge >= 0.3 is 15.6 Å². The quantitative estimate of drug-likeness (QED) is 0.114. The van der Waals surface area contributed by atoms with Crippen molar-refractivity contribution in [3.8, 4) is 11.5 Å². The van der Waals surface area contributed by atoms with Crippen molar-refractivity contribution in [2.75, 3.05) is 16.8 Å². The second-order valence-corrected chi connectivity index (χ2v) is 11.8. The van der Waals surface area contributed by atoms with E-state index >= 15 is 0 Å². The fourth-order valence-corrected chi connectivity index (χ4v) is 4.48. The van der Waals surface area contributed by atoms with Crippen LogP contribution in [0.4, 0.5) is 11.4 Å². The molecule has 0 fully saturated rings. The lowest BCUT2D eigenvalue weighted by Gasteiger charge is -2.24. The molecule has 1 aromatic carbocycles. The number of amides is 1. The zero-order chi connectivity index (χ0) is 29.5. The topological polar surface area (TPSA) is 166 Å². The van der Waals surface area contributed by atoms with E-state index in [2.05, 4.69) is 55.9 Å². The fraction of sp³-hybridized carbons (Fsp3) is 0.346. The first-order valence-electron chi connectivity index (χ1n) is 12.1. The minimum absolute atomic E-state index is 0.00624. The Labute approximate surface area is 228 Å². The van der Waals surface area contributed by atoms with Crippen LogP contribution in [0.5, 0.6) is 11.5 Å². The van der Waals surface area contributed by atoms with Gasteiger partial charge in [0.1, 0.15) is 11.4 Å².